The highest BCUT2D eigenvalue weighted by atomic mass is 16.5. The van der Waals surface area contributed by atoms with Gasteiger partial charge in [-0.05, 0) is 34.6 Å². The van der Waals surface area contributed by atoms with E-state index in [0.717, 1.165) is 5.56 Å². The van der Waals surface area contributed by atoms with Crippen LogP contribution in [0.4, 0.5) is 10.5 Å². The molecule has 0 bridgehead atoms. The number of nitrogens with zero attached hydrogens (tertiary/aromatic N) is 1. The van der Waals surface area contributed by atoms with Crippen LogP contribution < -0.4 is 10.6 Å². The van der Waals surface area contributed by atoms with E-state index in [1.807, 2.05) is 30.3 Å². The molecule has 2 aromatic rings. The molecule has 23 heavy (non-hydrogen) atoms. The molecule has 0 saturated heterocycles. The molecular weight excluding hydrogens is 294 g/mol. The molecule has 2 rings (SSSR count). The number of carbonyl (C=O) groups is 1. The maximum absolute atomic E-state index is 12.3. The fourth-order valence-electron chi connectivity index (χ4n) is 1.89. The van der Waals surface area contributed by atoms with Crippen LogP contribution in [-0.2, 0) is 0 Å². The van der Waals surface area contributed by atoms with Crippen molar-refractivity contribution in [2.45, 2.75) is 45.8 Å². The Bertz CT molecular complexity index is 685. The molecule has 0 aliphatic carbocycles. The lowest BCUT2D eigenvalue weighted by Gasteiger charge is -2.37. The number of hydrogen-bond acceptors (Lipinski definition) is 4. The fraction of sp³-hybridized carbons (Fsp3) is 0.412. The maximum atomic E-state index is 12.3. The number of rotatable bonds is 4. The highest BCUT2D eigenvalue weighted by Gasteiger charge is 2.36. The summed E-state index contributed by atoms with van der Waals surface area (Å²) < 4.78 is 5.34. The second kappa shape index (κ2) is 6.04. The van der Waals surface area contributed by atoms with Crippen LogP contribution in [-0.4, -0.2) is 27.4 Å². The molecule has 0 unspecified atom stereocenters. The number of carbonyl (C=O) groups excluding carboxylic acids is 1. The molecular formula is C17H23N3O3. The van der Waals surface area contributed by atoms with Gasteiger partial charge in [-0.2, -0.15) is 0 Å². The quantitative estimate of drug-likeness (QED) is 0.807. The SMILES string of the molecule is Cc1noc(-c2ccccc2)c1NC(=O)NC(C)(C)C(C)(C)O. The molecule has 2 amide bonds. The smallest absolute Gasteiger partial charge is 0.319 e. The van der Waals surface area contributed by atoms with E-state index in [-0.39, 0.29) is 0 Å². The number of amides is 2. The van der Waals surface area contributed by atoms with Crippen LogP contribution in [0.5, 0.6) is 0 Å². The molecule has 0 spiro atoms. The first-order valence-electron chi connectivity index (χ1n) is 7.45. The Morgan fingerprint density at radius 3 is 2.35 bits per heavy atom. The van der Waals surface area contributed by atoms with Crippen molar-refractivity contribution in [3.63, 3.8) is 0 Å². The predicted molar refractivity (Wildman–Crippen MR) is 89.2 cm³/mol. The van der Waals surface area contributed by atoms with E-state index in [0.29, 0.717) is 17.1 Å². The lowest BCUT2D eigenvalue weighted by Crippen LogP contribution is -2.58. The maximum Gasteiger partial charge on any atom is 0.319 e. The summed E-state index contributed by atoms with van der Waals surface area (Å²) in [6.07, 6.45) is 0. The molecule has 0 fully saturated rings. The molecule has 124 valence electrons. The highest BCUT2D eigenvalue weighted by molar-refractivity contribution is 5.94. The molecule has 6 nitrogen and oxygen atoms in total. The Hall–Kier alpha value is -2.34. The van der Waals surface area contributed by atoms with Crippen LogP contribution in [0.3, 0.4) is 0 Å². The Kier molecular flexibility index (Phi) is 4.47. The van der Waals surface area contributed by atoms with E-state index >= 15 is 0 Å². The zero-order valence-corrected chi connectivity index (χ0v) is 14.1. The lowest BCUT2D eigenvalue weighted by molar-refractivity contribution is 0.00185. The van der Waals surface area contributed by atoms with Gasteiger partial charge in [-0.1, -0.05) is 35.5 Å². The Morgan fingerprint density at radius 1 is 1.17 bits per heavy atom. The van der Waals surface area contributed by atoms with Gasteiger partial charge in [0.15, 0.2) is 5.76 Å². The van der Waals surface area contributed by atoms with Gasteiger partial charge >= 0.3 is 6.03 Å². The van der Waals surface area contributed by atoms with Crippen molar-refractivity contribution in [2.24, 2.45) is 0 Å². The summed E-state index contributed by atoms with van der Waals surface area (Å²) in [4.78, 5) is 12.3. The minimum atomic E-state index is -1.07. The first kappa shape index (κ1) is 17.0. The van der Waals surface area contributed by atoms with Crippen molar-refractivity contribution in [1.29, 1.82) is 0 Å². The lowest BCUT2D eigenvalue weighted by atomic mass is 9.86. The topological polar surface area (TPSA) is 87.4 Å². The first-order chi connectivity index (χ1) is 10.6. The van der Waals surface area contributed by atoms with E-state index in [2.05, 4.69) is 15.8 Å². The van der Waals surface area contributed by atoms with Crippen LogP contribution in [0, 0.1) is 6.92 Å². The number of benzene rings is 1. The number of urea groups is 1. The average Bonchev–Trinajstić information content (AvgIpc) is 2.79. The Balaban J connectivity index is 2.21. The summed E-state index contributed by atoms with van der Waals surface area (Å²) in [6.45, 7) is 8.56. The zero-order valence-electron chi connectivity index (χ0n) is 14.1. The van der Waals surface area contributed by atoms with Crippen molar-refractivity contribution < 1.29 is 14.4 Å². The summed E-state index contributed by atoms with van der Waals surface area (Å²) in [5, 5.41) is 19.6. The van der Waals surface area contributed by atoms with Crippen LogP contribution >= 0.6 is 0 Å². The number of aromatic nitrogens is 1. The normalized spacial score (nSPS) is 12.1. The summed E-state index contributed by atoms with van der Waals surface area (Å²) in [7, 11) is 0. The number of aryl methyl sites for hydroxylation is 1. The second-order valence-corrected chi connectivity index (χ2v) is 6.60. The number of hydrogen-bond donors (Lipinski definition) is 3. The van der Waals surface area contributed by atoms with Crippen molar-refractivity contribution in [1.82, 2.24) is 10.5 Å². The summed E-state index contributed by atoms with van der Waals surface area (Å²) in [5.41, 5.74) is 0.0381. The van der Waals surface area contributed by atoms with Crippen molar-refractivity contribution in [2.75, 3.05) is 5.32 Å². The molecule has 0 aliphatic heterocycles. The van der Waals surface area contributed by atoms with Gasteiger partial charge in [-0.3, -0.25) is 0 Å². The molecule has 0 radical (unpaired) electrons. The summed E-state index contributed by atoms with van der Waals surface area (Å²) >= 11 is 0. The Morgan fingerprint density at radius 2 is 1.78 bits per heavy atom. The highest BCUT2D eigenvalue weighted by Crippen LogP contribution is 2.31. The Labute approximate surface area is 135 Å². The van der Waals surface area contributed by atoms with Crippen LogP contribution in [0.2, 0.25) is 0 Å². The molecule has 3 N–H and O–H groups in total. The van der Waals surface area contributed by atoms with Crippen molar-refractivity contribution in [3.05, 3.63) is 36.0 Å². The minimum Gasteiger partial charge on any atom is -0.388 e. The minimum absolute atomic E-state index is 0.430. The van der Waals surface area contributed by atoms with Crippen LogP contribution in [0.25, 0.3) is 11.3 Å². The molecule has 1 aromatic carbocycles. The third kappa shape index (κ3) is 3.71. The van der Waals surface area contributed by atoms with Crippen LogP contribution in [0.1, 0.15) is 33.4 Å². The second-order valence-electron chi connectivity index (χ2n) is 6.60. The molecule has 0 atom stereocenters. The van der Waals surface area contributed by atoms with Crippen LogP contribution in [0.15, 0.2) is 34.9 Å². The van der Waals surface area contributed by atoms with Crippen molar-refractivity contribution in [3.8, 4) is 11.3 Å². The standard InChI is InChI=1S/C17H23N3O3/c1-11-13(14(23-20-11)12-9-7-6-8-10-12)18-15(21)19-16(2,3)17(4,5)22/h6-10,22H,1-5H3,(H2,18,19,21). The van der Waals surface area contributed by atoms with Gasteiger partial charge in [-0.25, -0.2) is 4.79 Å². The largest absolute Gasteiger partial charge is 0.388 e. The molecule has 0 saturated carbocycles. The van der Waals surface area contributed by atoms with E-state index in [4.69, 9.17) is 4.52 Å². The number of anilines is 1. The molecule has 6 heteroatoms. The average molecular weight is 317 g/mol. The fourth-order valence-corrected chi connectivity index (χ4v) is 1.89. The third-order valence-electron chi connectivity index (χ3n) is 4.09. The molecule has 1 heterocycles. The van der Waals surface area contributed by atoms with Gasteiger partial charge in [0.1, 0.15) is 11.4 Å². The number of aliphatic hydroxyl groups is 1. The number of nitrogens with one attached hydrogen (secondary N) is 2. The van der Waals surface area contributed by atoms with Gasteiger partial charge < -0.3 is 20.3 Å². The van der Waals surface area contributed by atoms with Gasteiger partial charge in [0.2, 0.25) is 0 Å². The van der Waals surface area contributed by atoms with Gasteiger partial charge in [-0.15, -0.1) is 0 Å². The zero-order chi connectivity index (χ0) is 17.3. The van der Waals surface area contributed by atoms with E-state index in [1.165, 1.54) is 0 Å². The van der Waals surface area contributed by atoms with Gasteiger partial charge in [0.25, 0.3) is 0 Å². The monoisotopic (exact) mass is 317 g/mol. The van der Waals surface area contributed by atoms with E-state index in [9.17, 15) is 9.90 Å². The van der Waals surface area contributed by atoms with E-state index < -0.39 is 17.2 Å². The molecule has 1 aromatic heterocycles. The summed E-state index contributed by atoms with van der Waals surface area (Å²) in [5.74, 6) is 0.499. The summed E-state index contributed by atoms with van der Waals surface area (Å²) in [6, 6.07) is 9.00. The van der Waals surface area contributed by atoms with E-state index in [1.54, 1.807) is 34.6 Å². The molecule has 0 aliphatic rings. The van der Waals surface area contributed by atoms with Gasteiger partial charge in [0.05, 0.1) is 11.1 Å². The first-order valence-corrected chi connectivity index (χ1v) is 7.45. The predicted octanol–water partition coefficient (Wildman–Crippen LogP) is 3.32. The third-order valence-corrected chi connectivity index (χ3v) is 4.09. The van der Waals surface area contributed by atoms with Crippen molar-refractivity contribution >= 4 is 11.7 Å². The van der Waals surface area contributed by atoms with Gasteiger partial charge in [0, 0.05) is 5.56 Å².